The highest BCUT2D eigenvalue weighted by Crippen LogP contribution is 2.28. The van der Waals surface area contributed by atoms with Crippen molar-refractivity contribution < 1.29 is 0 Å². The van der Waals surface area contributed by atoms with Crippen LogP contribution in [0.25, 0.3) is 0 Å². The van der Waals surface area contributed by atoms with Gasteiger partial charge in [0.25, 0.3) is 0 Å². The molecule has 1 aliphatic heterocycles. The summed E-state index contributed by atoms with van der Waals surface area (Å²) in [6.45, 7) is 12.4. The molecule has 1 unspecified atom stereocenters. The van der Waals surface area contributed by atoms with E-state index in [4.69, 9.17) is 4.98 Å². The minimum atomic E-state index is 0.385. The average molecular weight is 289 g/mol. The van der Waals surface area contributed by atoms with Crippen molar-refractivity contribution in [3.63, 3.8) is 0 Å². The third kappa shape index (κ3) is 4.19. The largest absolute Gasteiger partial charge is 0.370 e. The molecule has 118 valence electrons. The van der Waals surface area contributed by atoms with E-state index in [0.717, 1.165) is 24.8 Å². The molecular formula is C18H31N3. The zero-order chi connectivity index (χ0) is 15.2. The van der Waals surface area contributed by atoms with Crippen LogP contribution in [0.2, 0.25) is 0 Å². The molecule has 0 aliphatic carbocycles. The summed E-state index contributed by atoms with van der Waals surface area (Å²) in [5.41, 5.74) is 2.45. The first-order valence-electron chi connectivity index (χ1n) is 8.60. The van der Waals surface area contributed by atoms with Gasteiger partial charge in [0, 0.05) is 19.1 Å². The fourth-order valence-corrected chi connectivity index (χ4v) is 3.32. The van der Waals surface area contributed by atoms with Crippen molar-refractivity contribution in [1.82, 2.24) is 10.3 Å². The molecule has 1 aliphatic rings. The highest BCUT2D eigenvalue weighted by Gasteiger charge is 2.22. The number of nitrogens with zero attached hydrogens (tertiary/aromatic N) is 2. The predicted molar refractivity (Wildman–Crippen MR) is 90.7 cm³/mol. The first-order chi connectivity index (χ1) is 10.2. The van der Waals surface area contributed by atoms with Gasteiger partial charge in [-0.1, -0.05) is 27.7 Å². The molecule has 0 spiro atoms. The van der Waals surface area contributed by atoms with Gasteiger partial charge in [-0.05, 0) is 49.8 Å². The summed E-state index contributed by atoms with van der Waals surface area (Å²) in [4.78, 5) is 7.18. The van der Waals surface area contributed by atoms with Gasteiger partial charge in [0.1, 0.15) is 0 Å². The van der Waals surface area contributed by atoms with Crippen molar-refractivity contribution in [1.29, 1.82) is 0 Å². The van der Waals surface area contributed by atoms with Crippen LogP contribution in [0.15, 0.2) is 18.3 Å². The van der Waals surface area contributed by atoms with Crippen LogP contribution in [0.5, 0.6) is 0 Å². The van der Waals surface area contributed by atoms with Gasteiger partial charge >= 0.3 is 0 Å². The SMILES string of the molecule is CCNC(CC)c1ccc(N2CCC(C(C)C)CC2)cn1. The number of nitrogens with one attached hydrogen (secondary N) is 1. The molecule has 0 radical (unpaired) electrons. The monoisotopic (exact) mass is 289 g/mol. The lowest BCUT2D eigenvalue weighted by molar-refractivity contribution is 0.311. The topological polar surface area (TPSA) is 28.2 Å². The zero-order valence-corrected chi connectivity index (χ0v) is 14.1. The van der Waals surface area contributed by atoms with Crippen LogP contribution in [-0.2, 0) is 0 Å². The molecule has 21 heavy (non-hydrogen) atoms. The van der Waals surface area contributed by atoms with E-state index in [-0.39, 0.29) is 0 Å². The molecule has 1 atom stereocenters. The Morgan fingerprint density at radius 3 is 2.43 bits per heavy atom. The lowest BCUT2D eigenvalue weighted by Gasteiger charge is -2.35. The van der Waals surface area contributed by atoms with Crippen molar-refractivity contribution in [2.24, 2.45) is 11.8 Å². The Morgan fingerprint density at radius 2 is 1.95 bits per heavy atom. The van der Waals surface area contributed by atoms with Crippen LogP contribution in [0.1, 0.15) is 58.7 Å². The van der Waals surface area contributed by atoms with E-state index in [0.29, 0.717) is 6.04 Å². The van der Waals surface area contributed by atoms with Crippen molar-refractivity contribution in [2.75, 3.05) is 24.5 Å². The second kappa shape index (κ2) is 7.79. The van der Waals surface area contributed by atoms with E-state index in [1.165, 1.54) is 37.3 Å². The second-order valence-corrected chi connectivity index (χ2v) is 6.53. The summed E-state index contributed by atoms with van der Waals surface area (Å²) < 4.78 is 0. The van der Waals surface area contributed by atoms with E-state index in [1.807, 2.05) is 0 Å². The standard InChI is InChI=1S/C18H31N3/c1-5-17(19-6-2)18-8-7-16(13-20-18)21-11-9-15(10-12-21)14(3)4/h7-8,13-15,17,19H,5-6,9-12H2,1-4H3. The third-order valence-corrected chi connectivity index (χ3v) is 4.83. The third-order valence-electron chi connectivity index (χ3n) is 4.83. The Morgan fingerprint density at radius 1 is 1.24 bits per heavy atom. The molecule has 3 nitrogen and oxygen atoms in total. The van der Waals surface area contributed by atoms with Gasteiger partial charge < -0.3 is 10.2 Å². The normalized spacial score (nSPS) is 18.2. The lowest BCUT2D eigenvalue weighted by Crippen LogP contribution is -2.35. The number of anilines is 1. The average Bonchev–Trinajstić information content (AvgIpc) is 2.53. The summed E-state index contributed by atoms with van der Waals surface area (Å²) in [6.07, 6.45) is 5.77. The van der Waals surface area contributed by atoms with Crippen LogP contribution in [-0.4, -0.2) is 24.6 Å². The number of piperidine rings is 1. The highest BCUT2D eigenvalue weighted by molar-refractivity contribution is 5.45. The smallest absolute Gasteiger partial charge is 0.0574 e. The Labute approximate surface area is 130 Å². The van der Waals surface area contributed by atoms with Gasteiger partial charge in [0.2, 0.25) is 0 Å². The van der Waals surface area contributed by atoms with Crippen LogP contribution in [0.4, 0.5) is 5.69 Å². The summed E-state index contributed by atoms with van der Waals surface area (Å²) in [5.74, 6) is 1.71. The van der Waals surface area contributed by atoms with E-state index >= 15 is 0 Å². The first kappa shape index (κ1) is 16.3. The van der Waals surface area contributed by atoms with Gasteiger partial charge in [-0.2, -0.15) is 0 Å². The quantitative estimate of drug-likeness (QED) is 0.857. The minimum absolute atomic E-state index is 0.385. The summed E-state index contributed by atoms with van der Waals surface area (Å²) in [5, 5.41) is 3.49. The van der Waals surface area contributed by atoms with E-state index in [2.05, 4.69) is 56.2 Å². The summed E-state index contributed by atoms with van der Waals surface area (Å²) in [6, 6.07) is 4.83. The van der Waals surface area contributed by atoms with Gasteiger partial charge in [-0.25, -0.2) is 0 Å². The molecule has 0 amide bonds. The molecule has 1 aromatic rings. The second-order valence-electron chi connectivity index (χ2n) is 6.53. The Bertz CT molecular complexity index is 405. The molecule has 0 bridgehead atoms. The van der Waals surface area contributed by atoms with Gasteiger partial charge in [-0.3, -0.25) is 4.98 Å². The first-order valence-corrected chi connectivity index (χ1v) is 8.60. The maximum atomic E-state index is 4.69. The number of hydrogen-bond donors (Lipinski definition) is 1. The van der Waals surface area contributed by atoms with Gasteiger partial charge in [0.15, 0.2) is 0 Å². The Balaban J connectivity index is 1.96. The fraction of sp³-hybridized carbons (Fsp3) is 0.722. The van der Waals surface area contributed by atoms with Crippen LogP contribution in [0.3, 0.4) is 0 Å². The molecular weight excluding hydrogens is 258 g/mol. The lowest BCUT2D eigenvalue weighted by atomic mass is 9.86. The van der Waals surface area contributed by atoms with Gasteiger partial charge in [0.05, 0.1) is 17.6 Å². The molecule has 3 heteroatoms. The van der Waals surface area contributed by atoms with Crippen LogP contribution in [0, 0.1) is 11.8 Å². The highest BCUT2D eigenvalue weighted by atomic mass is 15.1. The molecule has 1 N–H and O–H groups in total. The molecule has 0 saturated carbocycles. The zero-order valence-electron chi connectivity index (χ0n) is 14.1. The Kier molecular flexibility index (Phi) is 6.04. The van der Waals surface area contributed by atoms with Crippen LogP contribution < -0.4 is 10.2 Å². The van der Waals surface area contributed by atoms with Crippen LogP contribution >= 0.6 is 0 Å². The van der Waals surface area contributed by atoms with Crippen molar-refractivity contribution in [2.45, 2.75) is 53.0 Å². The number of aromatic nitrogens is 1. The van der Waals surface area contributed by atoms with Crippen molar-refractivity contribution in [3.05, 3.63) is 24.0 Å². The molecule has 1 saturated heterocycles. The fourth-order valence-electron chi connectivity index (χ4n) is 3.32. The van der Waals surface area contributed by atoms with E-state index < -0.39 is 0 Å². The molecule has 2 heterocycles. The predicted octanol–water partition coefficient (Wildman–Crippen LogP) is 4.01. The number of rotatable bonds is 6. The maximum absolute atomic E-state index is 4.69. The van der Waals surface area contributed by atoms with Gasteiger partial charge in [-0.15, -0.1) is 0 Å². The minimum Gasteiger partial charge on any atom is -0.370 e. The van der Waals surface area contributed by atoms with E-state index in [9.17, 15) is 0 Å². The number of hydrogen-bond acceptors (Lipinski definition) is 3. The van der Waals surface area contributed by atoms with E-state index in [1.54, 1.807) is 0 Å². The van der Waals surface area contributed by atoms with Crippen molar-refractivity contribution in [3.8, 4) is 0 Å². The molecule has 2 rings (SSSR count). The molecule has 1 aromatic heterocycles. The molecule has 0 aromatic carbocycles. The summed E-state index contributed by atoms with van der Waals surface area (Å²) >= 11 is 0. The molecule has 1 fully saturated rings. The Hall–Kier alpha value is -1.09. The number of pyridine rings is 1. The maximum Gasteiger partial charge on any atom is 0.0574 e. The van der Waals surface area contributed by atoms with Crippen molar-refractivity contribution >= 4 is 5.69 Å². The summed E-state index contributed by atoms with van der Waals surface area (Å²) in [7, 11) is 0.